The van der Waals surface area contributed by atoms with E-state index in [-0.39, 0.29) is 0 Å². The average molecular weight is 348 g/mol. The fourth-order valence-corrected chi connectivity index (χ4v) is 3.70. The predicted octanol–water partition coefficient (Wildman–Crippen LogP) is 5.19. The zero-order valence-electron chi connectivity index (χ0n) is 14.7. The van der Waals surface area contributed by atoms with Gasteiger partial charge in [0.15, 0.2) is 0 Å². The molecule has 0 fully saturated rings. The van der Waals surface area contributed by atoms with Gasteiger partial charge in [-0.1, -0.05) is 25.4 Å². The number of anilines is 1. The van der Waals surface area contributed by atoms with Gasteiger partial charge in [0, 0.05) is 23.0 Å². The zero-order chi connectivity index (χ0) is 17.1. The Hall–Kier alpha value is -1.68. The van der Waals surface area contributed by atoms with Crippen LogP contribution in [0, 0.1) is 0 Å². The van der Waals surface area contributed by atoms with Crippen LogP contribution in [0.4, 0.5) is 5.82 Å². The summed E-state index contributed by atoms with van der Waals surface area (Å²) in [5.74, 6) is 2.38. The molecule has 1 aromatic carbocycles. The summed E-state index contributed by atoms with van der Waals surface area (Å²) in [6.07, 6.45) is 5.67. The first-order valence-corrected chi connectivity index (χ1v) is 9.26. The number of aromatic nitrogens is 2. The third kappa shape index (κ3) is 3.12. The van der Waals surface area contributed by atoms with Gasteiger partial charge in [-0.3, -0.25) is 0 Å². The van der Waals surface area contributed by atoms with E-state index in [0.717, 1.165) is 43.1 Å². The van der Waals surface area contributed by atoms with Gasteiger partial charge < -0.3 is 10.1 Å². The number of ether oxygens (including phenoxy) is 1. The monoisotopic (exact) mass is 347 g/mol. The zero-order valence-corrected chi connectivity index (χ0v) is 15.5. The molecule has 2 heterocycles. The van der Waals surface area contributed by atoms with Gasteiger partial charge >= 0.3 is 0 Å². The largest absolute Gasteiger partial charge is 0.494 e. The van der Waals surface area contributed by atoms with E-state index in [2.05, 4.69) is 19.2 Å². The van der Waals surface area contributed by atoms with E-state index >= 15 is 0 Å². The number of hydrogen-bond acceptors (Lipinski definition) is 3. The highest BCUT2D eigenvalue weighted by atomic mass is 35.5. The van der Waals surface area contributed by atoms with E-state index in [1.165, 1.54) is 24.1 Å². The summed E-state index contributed by atoms with van der Waals surface area (Å²) < 4.78 is 7.55. The molecule has 1 aromatic heterocycles. The van der Waals surface area contributed by atoms with Gasteiger partial charge in [0.05, 0.1) is 12.8 Å². The Balaban J connectivity index is 2.20. The van der Waals surface area contributed by atoms with Gasteiger partial charge in [0.2, 0.25) is 0 Å². The van der Waals surface area contributed by atoms with Crippen molar-refractivity contribution >= 4 is 17.4 Å². The lowest BCUT2D eigenvalue weighted by molar-refractivity contribution is 0.411. The molecule has 1 N–H and O–H groups in total. The van der Waals surface area contributed by atoms with Crippen molar-refractivity contribution in [3.63, 3.8) is 0 Å². The van der Waals surface area contributed by atoms with Crippen LogP contribution in [0.1, 0.15) is 56.7 Å². The normalized spacial score (nSPS) is 14.2. The molecular weight excluding hydrogens is 322 g/mol. The first kappa shape index (κ1) is 17.2. The van der Waals surface area contributed by atoms with Crippen molar-refractivity contribution in [3.8, 4) is 11.4 Å². The maximum atomic E-state index is 6.25. The Labute approximate surface area is 149 Å². The van der Waals surface area contributed by atoms with Crippen LogP contribution in [-0.4, -0.2) is 23.4 Å². The molecule has 0 atom stereocenters. The van der Waals surface area contributed by atoms with E-state index < -0.39 is 0 Å². The number of benzene rings is 1. The smallest absolute Gasteiger partial charge is 0.144 e. The summed E-state index contributed by atoms with van der Waals surface area (Å²) in [4.78, 5) is 0. The molecule has 1 aliphatic heterocycles. The molecular formula is C19H26ClN3O. The molecule has 5 heteroatoms. The van der Waals surface area contributed by atoms with Gasteiger partial charge in [0.1, 0.15) is 17.3 Å². The summed E-state index contributed by atoms with van der Waals surface area (Å²) in [6, 6.07) is 5.68. The van der Waals surface area contributed by atoms with Crippen LogP contribution in [0.25, 0.3) is 5.69 Å². The summed E-state index contributed by atoms with van der Waals surface area (Å²) in [5.41, 5.74) is 3.49. The summed E-state index contributed by atoms with van der Waals surface area (Å²) in [5, 5.41) is 9.29. The number of halogens is 1. The molecule has 0 unspecified atom stereocenters. The van der Waals surface area contributed by atoms with Crippen LogP contribution in [0.15, 0.2) is 18.2 Å². The maximum absolute atomic E-state index is 6.25. The van der Waals surface area contributed by atoms with Crippen LogP contribution >= 0.6 is 11.6 Å². The van der Waals surface area contributed by atoms with Crippen LogP contribution in [0.2, 0.25) is 5.02 Å². The molecule has 24 heavy (non-hydrogen) atoms. The second-order valence-corrected chi connectivity index (χ2v) is 6.77. The van der Waals surface area contributed by atoms with Crippen molar-refractivity contribution in [2.45, 2.75) is 51.9 Å². The number of nitrogens with one attached hydrogen (secondary N) is 1. The highest BCUT2D eigenvalue weighted by Crippen LogP contribution is 2.37. The van der Waals surface area contributed by atoms with E-state index in [9.17, 15) is 0 Å². The van der Waals surface area contributed by atoms with E-state index in [0.29, 0.717) is 10.9 Å². The second kappa shape index (κ2) is 7.47. The Morgan fingerprint density at radius 1 is 1.29 bits per heavy atom. The maximum Gasteiger partial charge on any atom is 0.144 e. The quantitative estimate of drug-likeness (QED) is 0.809. The Bertz CT molecular complexity index is 707. The molecule has 0 radical (unpaired) electrons. The highest BCUT2D eigenvalue weighted by Gasteiger charge is 2.25. The van der Waals surface area contributed by atoms with Crippen LogP contribution in [0.5, 0.6) is 5.75 Å². The van der Waals surface area contributed by atoms with Crippen molar-refractivity contribution < 1.29 is 4.74 Å². The molecule has 130 valence electrons. The minimum atomic E-state index is 0.491. The predicted molar refractivity (Wildman–Crippen MR) is 99.9 cm³/mol. The molecule has 2 aromatic rings. The summed E-state index contributed by atoms with van der Waals surface area (Å²) in [6.45, 7) is 5.46. The van der Waals surface area contributed by atoms with Crippen molar-refractivity contribution in [1.29, 1.82) is 0 Å². The lowest BCUT2D eigenvalue weighted by Gasteiger charge is -2.13. The first-order chi connectivity index (χ1) is 11.7. The van der Waals surface area contributed by atoms with Gasteiger partial charge in [-0.15, -0.1) is 0 Å². The van der Waals surface area contributed by atoms with Crippen LogP contribution in [-0.2, 0) is 6.42 Å². The van der Waals surface area contributed by atoms with E-state index in [1.54, 1.807) is 7.11 Å². The van der Waals surface area contributed by atoms with Gasteiger partial charge in [0.25, 0.3) is 0 Å². The number of rotatable bonds is 5. The second-order valence-electron chi connectivity index (χ2n) is 6.34. The Morgan fingerprint density at radius 3 is 2.79 bits per heavy atom. The number of hydrogen-bond donors (Lipinski definition) is 1. The fraction of sp³-hybridized carbons (Fsp3) is 0.526. The molecule has 0 bridgehead atoms. The lowest BCUT2D eigenvalue weighted by Crippen LogP contribution is -2.08. The minimum Gasteiger partial charge on any atom is -0.494 e. The SMILES string of the molecule is CCC(CC)c1nn(-c2cc(Cl)ccc2OC)c2c1CCCCN2. The topological polar surface area (TPSA) is 39.1 Å². The summed E-state index contributed by atoms with van der Waals surface area (Å²) in [7, 11) is 1.68. The van der Waals surface area contributed by atoms with Crippen LogP contribution in [0.3, 0.4) is 0 Å². The van der Waals surface area contributed by atoms with Crippen molar-refractivity contribution in [3.05, 3.63) is 34.5 Å². The van der Waals surface area contributed by atoms with Gasteiger partial charge in [-0.25, -0.2) is 4.68 Å². The van der Waals surface area contributed by atoms with Crippen molar-refractivity contribution in [1.82, 2.24) is 9.78 Å². The summed E-state index contributed by atoms with van der Waals surface area (Å²) >= 11 is 6.25. The van der Waals surface area contributed by atoms with Gasteiger partial charge in [-0.2, -0.15) is 5.10 Å². The lowest BCUT2D eigenvalue weighted by atomic mass is 9.94. The van der Waals surface area contributed by atoms with Gasteiger partial charge in [-0.05, 0) is 50.3 Å². The Morgan fingerprint density at radius 2 is 2.08 bits per heavy atom. The minimum absolute atomic E-state index is 0.491. The standard InChI is InChI=1S/C19H26ClN3O/c1-4-13(5-2)18-15-8-6-7-11-21-19(15)23(22-18)16-12-14(20)9-10-17(16)24-3/h9-10,12-13,21H,4-8,11H2,1-3H3. The van der Waals surface area contributed by atoms with Crippen molar-refractivity contribution in [2.24, 2.45) is 0 Å². The third-order valence-corrected chi connectivity index (χ3v) is 5.14. The first-order valence-electron chi connectivity index (χ1n) is 8.89. The average Bonchev–Trinajstić information content (AvgIpc) is 2.78. The molecule has 3 rings (SSSR count). The van der Waals surface area contributed by atoms with E-state index in [1.807, 2.05) is 22.9 Å². The molecule has 0 saturated heterocycles. The third-order valence-electron chi connectivity index (χ3n) is 4.90. The molecule has 0 aliphatic carbocycles. The number of methoxy groups -OCH3 is 1. The molecule has 0 spiro atoms. The Kier molecular flexibility index (Phi) is 5.34. The van der Waals surface area contributed by atoms with Crippen molar-refractivity contribution in [2.75, 3.05) is 19.0 Å². The fourth-order valence-electron chi connectivity index (χ4n) is 3.54. The molecule has 0 amide bonds. The van der Waals surface area contributed by atoms with E-state index in [4.69, 9.17) is 21.4 Å². The number of nitrogens with zero attached hydrogens (tertiary/aromatic N) is 2. The molecule has 1 aliphatic rings. The number of fused-ring (bicyclic) bond motifs is 1. The highest BCUT2D eigenvalue weighted by molar-refractivity contribution is 6.30. The molecule has 4 nitrogen and oxygen atoms in total. The van der Waals surface area contributed by atoms with Crippen LogP contribution < -0.4 is 10.1 Å². The molecule has 0 saturated carbocycles.